The average Bonchev–Trinajstić information content (AvgIpc) is 3.71. The molecule has 8 nitrogen and oxygen atoms in total. The van der Waals surface area contributed by atoms with Crippen LogP contribution in [0.25, 0.3) is 0 Å². The van der Waals surface area contributed by atoms with Crippen LogP contribution in [0.4, 0.5) is 0 Å². The van der Waals surface area contributed by atoms with Gasteiger partial charge < -0.3 is 28.8 Å². The molecule has 0 radical (unpaired) electrons. The Bertz CT molecular complexity index is 1840. The standard InChI is InChI=1S/C78H139N2O6P/c1-6-8-10-12-14-16-18-20-22-24-26-28-30-32-34-36-38-40-42-44-46-48-50-52-54-56-58-60-62-64-66-68-70-72-78(82)79-76(75-86-87(83,84)85-74-73-80(3,4)5)77(81)71-69-67-65-63-61-59-57-55-53-51-49-47-45-43-41-39-37-35-33-31-29-27-25-23-21-19-17-15-13-11-9-7-2/h8,10,14,16,20,22,26,28,32,34,38,40,44,46,50,52,61,63,69,71,76-77,81H,6-7,9,11-13,15,17-19,21,23-25,27,29-31,33,35-37,39,41-43,45,47-49,51,53-60,62,64-68,70,72-75H2,1-5H3,(H-,79,82,83,84)/b10-8-,16-14-,22-20-,28-26-,34-32-,40-38-,46-44-,52-50-,63-61+,71-69+. The molecular formula is C78H139N2O6P. The van der Waals surface area contributed by atoms with Crippen molar-refractivity contribution in [1.29, 1.82) is 0 Å². The number of hydrogen-bond acceptors (Lipinski definition) is 6. The molecule has 3 atom stereocenters. The predicted molar refractivity (Wildman–Crippen MR) is 380 cm³/mol. The maximum absolute atomic E-state index is 13.0. The summed E-state index contributed by atoms with van der Waals surface area (Å²) in [6, 6.07) is -0.919. The summed E-state index contributed by atoms with van der Waals surface area (Å²) in [6.07, 6.45) is 100. The van der Waals surface area contributed by atoms with Crippen LogP contribution in [0.3, 0.4) is 0 Å². The van der Waals surface area contributed by atoms with Crippen LogP contribution in [0.5, 0.6) is 0 Å². The van der Waals surface area contributed by atoms with Crippen LogP contribution in [0.1, 0.15) is 316 Å². The van der Waals surface area contributed by atoms with Crippen molar-refractivity contribution in [2.45, 2.75) is 328 Å². The first-order valence-electron chi connectivity index (χ1n) is 36.4. The minimum Gasteiger partial charge on any atom is -0.756 e. The molecule has 0 bridgehead atoms. The van der Waals surface area contributed by atoms with Gasteiger partial charge in [-0.3, -0.25) is 9.36 Å². The highest BCUT2D eigenvalue weighted by molar-refractivity contribution is 7.45. The van der Waals surface area contributed by atoms with E-state index in [1.165, 1.54) is 193 Å². The maximum Gasteiger partial charge on any atom is 0.268 e. The largest absolute Gasteiger partial charge is 0.756 e. The van der Waals surface area contributed by atoms with Gasteiger partial charge in [0, 0.05) is 6.42 Å². The van der Waals surface area contributed by atoms with Crippen LogP contribution in [0.2, 0.25) is 0 Å². The van der Waals surface area contributed by atoms with E-state index in [0.29, 0.717) is 17.4 Å². The summed E-state index contributed by atoms with van der Waals surface area (Å²) in [5, 5.41) is 13.9. The lowest BCUT2D eigenvalue weighted by Crippen LogP contribution is -2.45. The van der Waals surface area contributed by atoms with Crippen molar-refractivity contribution >= 4 is 13.7 Å². The summed E-state index contributed by atoms with van der Waals surface area (Å²) < 4.78 is 23.4. The first-order chi connectivity index (χ1) is 42.5. The van der Waals surface area contributed by atoms with Gasteiger partial charge >= 0.3 is 0 Å². The van der Waals surface area contributed by atoms with E-state index in [0.717, 1.165) is 103 Å². The zero-order valence-electron chi connectivity index (χ0n) is 57.4. The van der Waals surface area contributed by atoms with Gasteiger partial charge in [0.25, 0.3) is 7.82 Å². The van der Waals surface area contributed by atoms with Crippen molar-refractivity contribution in [1.82, 2.24) is 5.32 Å². The second-order valence-corrected chi connectivity index (χ2v) is 27.0. The molecule has 0 aliphatic carbocycles. The number of phosphoric ester groups is 1. The summed E-state index contributed by atoms with van der Waals surface area (Å²) in [6.45, 7) is 4.53. The van der Waals surface area contributed by atoms with E-state index in [2.05, 4.69) is 129 Å². The Morgan fingerprint density at radius 3 is 1.07 bits per heavy atom. The number of amides is 1. The Labute approximate surface area is 539 Å². The number of unbranched alkanes of at least 4 members (excludes halogenated alkanes) is 35. The summed E-state index contributed by atoms with van der Waals surface area (Å²) >= 11 is 0. The van der Waals surface area contributed by atoms with Gasteiger partial charge in [-0.15, -0.1) is 0 Å². The van der Waals surface area contributed by atoms with Gasteiger partial charge in [0.1, 0.15) is 13.2 Å². The molecule has 0 aromatic rings. The minimum atomic E-state index is -4.62. The zero-order chi connectivity index (χ0) is 63.4. The van der Waals surface area contributed by atoms with Crippen molar-refractivity contribution in [3.8, 4) is 0 Å². The lowest BCUT2D eigenvalue weighted by atomic mass is 10.0. The van der Waals surface area contributed by atoms with Crippen molar-refractivity contribution < 1.29 is 32.9 Å². The van der Waals surface area contributed by atoms with E-state index in [4.69, 9.17) is 9.05 Å². The second-order valence-electron chi connectivity index (χ2n) is 25.6. The first-order valence-corrected chi connectivity index (χ1v) is 37.9. The summed E-state index contributed by atoms with van der Waals surface area (Å²) in [5.41, 5.74) is 0. The Morgan fingerprint density at radius 2 is 0.713 bits per heavy atom. The molecule has 0 fully saturated rings. The van der Waals surface area contributed by atoms with E-state index in [1.807, 2.05) is 27.2 Å². The monoisotopic (exact) mass is 1230 g/mol. The lowest BCUT2D eigenvalue weighted by Gasteiger charge is -2.29. The van der Waals surface area contributed by atoms with E-state index < -0.39 is 26.6 Å². The molecule has 2 N–H and O–H groups in total. The fraction of sp³-hybridized carbons (Fsp3) is 0.731. The van der Waals surface area contributed by atoms with Gasteiger partial charge in [0.15, 0.2) is 0 Å². The molecule has 0 rings (SSSR count). The highest BCUT2D eigenvalue weighted by atomic mass is 31.2. The highest BCUT2D eigenvalue weighted by Crippen LogP contribution is 2.38. The highest BCUT2D eigenvalue weighted by Gasteiger charge is 2.23. The zero-order valence-corrected chi connectivity index (χ0v) is 58.3. The van der Waals surface area contributed by atoms with Crippen LogP contribution >= 0.6 is 7.82 Å². The molecule has 0 aliphatic rings. The maximum atomic E-state index is 13.0. The summed E-state index contributed by atoms with van der Waals surface area (Å²) in [7, 11) is 1.23. The van der Waals surface area contributed by atoms with Gasteiger partial charge in [-0.2, -0.15) is 0 Å². The van der Waals surface area contributed by atoms with Gasteiger partial charge in [0.05, 0.1) is 39.9 Å². The molecule has 87 heavy (non-hydrogen) atoms. The Hall–Kier alpha value is -3.10. The van der Waals surface area contributed by atoms with Gasteiger partial charge in [0.2, 0.25) is 5.91 Å². The fourth-order valence-electron chi connectivity index (χ4n) is 10.3. The number of phosphoric acid groups is 1. The van der Waals surface area contributed by atoms with E-state index >= 15 is 0 Å². The van der Waals surface area contributed by atoms with Gasteiger partial charge in [-0.05, 0) is 96.3 Å². The number of aliphatic hydroxyl groups is 1. The molecule has 0 saturated heterocycles. The average molecular weight is 1230 g/mol. The van der Waals surface area contributed by atoms with Crippen LogP contribution in [0.15, 0.2) is 122 Å². The Kier molecular flexibility index (Phi) is 64.9. The number of likely N-dealkylation sites (N-methyl/N-ethyl adjacent to an activating group) is 1. The number of nitrogens with zero attached hydrogens (tertiary/aromatic N) is 1. The Morgan fingerprint density at radius 1 is 0.414 bits per heavy atom. The predicted octanol–water partition coefficient (Wildman–Crippen LogP) is 23.0. The Balaban J connectivity index is 4.15. The van der Waals surface area contributed by atoms with Crippen molar-refractivity contribution in [2.24, 2.45) is 0 Å². The van der Waals surface area contributed by atoms with Crippen molar-refractivity contribution in [3.05, 3.63) is 122 Å². The van der Waals surface area contributed by atoms with Crippen molar-refractivity contribution in [3.63, 3.8) is 0 Å². The molecule has 1 amide bonds. The van der Waals surface area contributed by atoms with Crippen LogP contribution < -0.4 is 10.2 Å². The van der Waals surface area contributed by atoms with E-state index in [1.54, 1.807) is 6.08 Å². The number of hydrogen-bond donors (Lipinski definition) is 2. The molecule has 502 valence electrons. The quantitative estimate of drug-likeness (QED) is 0.0272. The van der Waals surface area contributed by atoms with Crippen LogP contribution in [-0.2, 0) is 18.4 Å². The first kappa shape index (κ1) is 83.9. The fourth-order valence-corrected chi connectivity index (χ4v) is 11.0. The number of aliphatic hydroxyl groups excluding tert-OH is 1. The second kappa shape index (κ2) is 67.3. The van der Waals surface area contributed by atoms with Crippen LogP contribution in [0, 0.1) is 0 Å². The molecule has 9 heteroatoms. The molecule has 0 aliphatic heterocycles. The van der Waals surface area contributed by atoms with E-state index in [-0.39, 0.29) is 12.5 Å². The topological polar surface area (TPSA) is 108 Å². The number of quaternary nitrogens is 1. The smallest absolute Gasteiger partial charge is 0.268 e. The summed E-state index contributed by atoms with van der Waals surface area (Å²) in [5.74, 6) is -0.217. The SMILES string of the molecule is CC/C=C\C/C=C\C/C=C\C/C=C\C/C=C\C/C=C\C/C=C\C/C=C\CCCCCCCCCCC(=O)NC(COP(=O)([O-])OCC[N+](C)(C)C)C(O)/C=C/CC/C=C/CCCCCCCCCCCCCCCCCCCCCCCCCCCC. The molecule has 0 spiro atoms. The number of rotatable bonds is 66. The molecule has 0 heterocycles. The lowest BCUT2D eigenvalue weighted by molar-refractivity contribution is -0.870. The number of carbonyl (C=O) groups is 1. The van der Waals surface area contributed by atoms with Gasteiger partial charge in [-0.1, -0.05) is 334 Å². The van der Waals surface area contributed by atoms with Gasteiger partial charge in [-0.25, -0.2) is 0 Å². The molecular weight excluding hydrogens is 1090 g/mol. The third-order valence-corrected chi connectivity index (χ3v) is 16.9. The van der Waals surface area contributed by atoms with Crippen LogP contribution in [-0.4, -0.2) is 68.5 Å². The third-order valence-electron chi connectivity index (χ3n) is 15.9. The third kappa shape index (κ3) is 70.2. The summed E-state index contributed by atoms with van der Waals surface area (Å²) in [4.78, 5) is 25.6. The number of carbonyl (C=O) groups excluding carboxylic acids is 1. The normalized spacial score (nSPS) is 14.3. The van der Waals surface area contributed by atoms with E-state index in [9.17, 15) is 19.4 Å². The molecule has 3 unspecified atom stereocenters. The molecule has 0 saturated carbocycles. The molecule has 0 aromatic carbocycles. The minimum absolute atomic E-state index is 0.0138. The number of allylic oxidation sites excluding steroid dienone is 19. The number of nitrogens with one attached hydrogen (secondary N) is 1. The van der Waals surface area contributed by atoms with Crippen molar-refractivity contribution in [2.75, 3.05) is 40.9 Å². The molecule has 0 aromatic heterocycles.